The van der Waals surface area contributed by atoms with Crippen LogP contribution >= 0.6 is 0 Å². The number of hydrogen-bond acceptors (Lipinski definition) is 5. The number of nitrogens with zero attached hydrogens (tertiary/aromatic N) is 1. The third kappa shape index (κ3) is 6.14. The Balaban J connectivity index is 2.14. The third-order valence-electron chi connectivity index (χ3n) is 4.35. The van der Waals surface area contributed by atoms with E-state index >= 15 is 0 Å². The fraction of sp³-hybridized carbons (Fsp3) is 0.391. The van der Waals surface area contributed by atoms with Crippen molar-refractivity contribution < 1.29 is 23.8 Å². The lowest BCUT2D eigenvalue weighted by atomic mass is 10.1. The Morgan fingerprint density at radius 1 is 1.03 bits per heavy atom. The molecule has 2 rings (SSSR count). The van der Waals surface area contributed by atoms with Gasteiger partial charge in [0.25, 0.3) is 5.91 Å². The first kappa shape index (κ1) is 23.1. The molecule has 0 heterocycles. The van der Waals surface area contributed by atoms with Crippen LogP contribution in [0.2, 0.25) is 0 Å². The summed E-state index contributed by atoms with van der Waals surface area (Å²) in [4.78, 5) is 26.5. The number of benzene rings is 2. The summed E-state index contributed by atoms with van der Waals surface area (Å²) in [6, 6.07) is 10.5. The topological polar surface area (TPSA) is 77.1 Å². The Kier molecular flexibility index (Phi) is 7.32. The number of nitrogens with one attached hydrogen (secondary N) is 1. The van der Waals surface area contributed by atoms with Gasteiger partial charge >= 0.3 is 6.09 Å². The zero-order valence-corrected chi connectivity index (χ0v) is 18.7. The van der Waals surface area contributed by atoms with Gasteiger partial charge in [0.2, 0.25) is 0 Å². The summed E-state index contributed by atoms with van der Waals surface area (Å²) < 4.78 is 15.9. The average molecular weight is 415 g/mol. The molecule has 2 aromatic carbocycles. The van der Waals surface area contributed by atoms with E-state index < -0.39 is 11.7 Å². The molecule has 7 nitrogen and oxygen atoms in total. The molecule has 0 atom stereocenters. The molecule has 0 saturated heterocycles. The Hall–Kier alpha value is -3.22. The smallest absolute Gasteiger partial charge is 0.412 e. The minimum atomic E-state index is -0.602. The summed E-state index contributed by atoms with van der Waals surface area (Å²) in [6.45, 7) is 7.72. The van der Waals surface area contributed by atoms with E-state index in [0.717, 1.165) is 11.1 Å². The average Bonchev–Trinajstić information content (AvgIpc) is 2.67. The van der Waals surface area contributed by atoms with Crippen molar-refractivity contribution in [1.29, 1.82) is 0 Å². The number of anilines is 1. The van der Waals surface area contributed by atoms with Crippen molar-refractivity contribution in [3.05, 3.63) is 53.1 Å². The summed E-state index contributed by atoms with van der Waals surface area (Å²) in [5.74, 6) is 1.09. The van der Waals surface area contributed by atoms with Crippen LogP contribution in [0.15, 0.2) is 36.4 Å². The molecule has 30 heavy (non-hydrogen) atoms. The minimum Gasteiger partial charge on any atom is -0.493 e. The first-order chi connectivity index (χ1) is 14.0. The van der Waals surface area contributed by atoms with Gasteiger partial charge < -0.3 is 19.1 Å². The molecule has 0 radical (unpaired) electrons. The lowest BCUT2D eigenvalue weighted by Gasteiger charge is -2.21. The standard InChI is InChI=1S/C23H30N2O5/c1-15-11-19(28-6)20(29-7)13-17(15)14-25(5)21(26)16-9-8-10-18(12-16)24-22(27)30-23(2,3)4/h8-13H,14H2,1-7H3,(H,24,27). The molecule has 0 aliphatic heterocycles. The molecular formula is C23H30N2O5. The van der Waals surface area contributed by atoms with E-state index in [4.69, 9.17) is 14.2 Å². The zero-order chi connectivity index (χ0) is 22.5. The second-order valence-electron chi connectivity index (χ2n) is 8.00. The summed E-state index contributed by atoms with van der Waals surface area (Å²) in [5.41, 5.74) is 2.30. The van der Waals surface area contributed by atoms with Gasteiger partial charge in [-0.05, 0) is 69.2 Å². The van der Waals surface area contributed by atoms with Gasteiger partial charge in [-0.1, -0.05) is 6.07 Å². The van der Waals surface area contributed by atoms with E-state index in [9.17, 15) is 9.59 Å². The van der Waals surface area contributed by atoms with Crippen molar-refractivity contribution in [3.63, 3.8) is 0 Å². The third-order valence-corrected chi connectivity index (χ3v) is 4.35. The lowest BCUT2D eigenvalue weighted by molar-refractivity contribution is 0.0635. The van der Waals surface area contributed by atoms with E-state index in [0.29, 0.717) is 29.3 Å². The van der Waals surface area contributed by atoms with Crippen LogP contribution in [0.4, 0.5) is 10.5 Å². The van der Waals surface area contributed by atoms with E-state index in [-0.39, 0.29) is 5.91 Å². The van der Waals surface area contributed by atoms with Crippen LogP contribution < -0.4 is 14.8 Å². The largest absolute Gasteiger partial charge is 0.493 e. The SMILES string of the molecule is COc1cc(C)c(CN(C)C(=O)c2cccc(NC(=O)OC(C)(C)C)c2)cc1OC. The number of rotatable bonds is 6. The molecular weight excluding hydrogens is 384 g/mol. The van der Waals surface area contributed by atoms with Gasteiger partial charge in [-0.25, -0.2) is 4.79 Å². The molecule has 7 heteroatoms. The first-order valence-electron chi connectivity index (χ1n) is 9.61. The molecule has 0 unspecified atom stereocenters. The molecule has 0 bridgehead atoms. The molecule has 0 fully saturated rings. The van der Waals surface area contributed by atoms with Crippen LogP contribution in [0, 0.1) is 6.92 Å². The van der Waals surface area contributed by atoms with Crippen LogP contribution in [-0.2, 0) is 11.3 Å². The van der Waals surface area contributed by atoms with Crippen LogP contribution in [0.25, 0.3) is 0 Å². The van der Waals surface area contributed by atoms with Gasteiger partial charge in [0, 0.05) is 24.8 Å². The Bertz CT molecular complexity index is 918. The van der Waals surface area contributed by atoms with Gasteiger partial charge in [0.05, 0.1) is 14.2 Å². The second kappa shape index (κ2) is 9.52. The first-order valence-corrected chi connectivity index (χ1v) is 9.61. The highest BCUT2D eigenvalue weighted by Crippen LogP contribution is 2.31. The lowest BCUT2D eigenvalue weighted by Crippen LogP contribution is -2.28. The van der Waals surface area contributed by atoms with Gasteiger partial charge in [0.15, 0.2) is 11.5 Å². The highest BCUT2D eigenvalue weighted by Gasteiger charge is 2.18. The van der Waals surface area contributed by atoms with E-state index in [1.165, 1.54) is 0 Å². The predicted molar refractivity (Wildman–Crippen MR) is 116 cm³/mol. The molecule has 1 N–H and O–H groups in total. The van der Waals surface area contributed by atoms with Crippen LogP contribution in [0.3, 0.4) is 0 Å². The van der Waals surface area contributed by atoms with Crippen molar-refractivity contribution >= 4 is 17.7 Å². The predicted octanol–water partition coefficient (Wildman–Crippen LogP) is 4.63. The Morgan fingerprint density at radius 2 is 1.67 bits per heavy atom. The van der Waals surface area contributed by atoms with E-state index in [1.807, 2.05) is 19.1 Å². The van der Waals surface area contributed by atoms with Crippen molar-refractivity contribution in [2.24, 2.45) is 0 Å². The molecule has 0 aromatic heterocycles. The highest BCUT2D eigenvalue weighted by atomic mass is 16.6. The maximum Gasteiger partial charge on any atom is 0.412 e. The van der Waals surface area contributed by atoms with E-state index in [1.54, 1.807) is 71.2 Å². The number of ether oxygens (including phenoxy) is 3. The summed E-state index contributed by atoms with van der Waals surface area (Å²) in [6.07, 6.45) is -0.568. The van der Waals surface area contributed by atoms with Crippen molar-refractivity contribution in [1.82, 2.24) is 4.90 Å². The summed E-state index contributed by atoms with van der Waals surface area (Å²) in [5, 5.41) is 2.66. The van der Waals surface area contributed by atoms with Crippen LogP contribution in [0.1, 0.15) is 42.3 Å². The number of aryl methyl sites for hydroxylation is 1. The zero-order valence-electron chi connectivity index (χ0n) is 18.7. The van der Waals surface area contributed by atoms with Gasteiger partial charge in [-0.2, -0.15) is 0 Å². The maximum atomic E-state index is 12.9. The van der Waals surface area contributed by atoms with Crippen LogP contribution in [0.5, 0.6) is 11.5 Å². The quantitative estimate of drug-likeness (QED) is 0.746. The summed E-state index contributed by atoms with van der Waals surface area (Å²) >= 11 is 0. The van der Waals surface area contributed by atoms with Crippen molar-refractivity contribution in [2.75, 3.05) is 26.6 Å². The van der Waals surface area contributed by atoms with Gasteiger partial charge in [-0.15, -0.1) is 0 Å². The Labute approximate surface area is 177 Å². The highest BCUT2D eigenvalue weighted by molar-refractivity contribution is 5.96. The number of methoxy groups -OCH3 is 2. The fourth-order valence-electron chi connectivity index (χ4n) is 2.89. The van der Waals surface area contributed by atoms with Gasteiger partial charge in [0.1, 0.15) is 5.60 Å². The molecule has 0 spiro atoms. The summed E-state index contributed by atoms with van der Waals surface area (Å²) in [7, 11) is 4.90. The normalized spacial score (nSPS) is 10.9. The number of amides is 2. The molecule has 0 aliphatic carbocycles. The molecule has 0 aliphatic rings. The molecule has 0 saturated carbocycles. The van der Waals surface area contributed by atoms with Crippen molar-refractivity contribution in [2.45, 2.75) is 39.8 Å². The number of hydrogen-bond donors (Lipinski definition) is 1. The number of carbonyl (C=O) groups excluding carboxylic acids is 2. The Morgan fingerprint density at radius 3 is 2.27 bits per heavy atom. The monoisotopic (exact) mass is 414 g/mol. The van der Waals surface area contributed by atoms with Gasteiger partial charge in [-0.3, -0.25) is 10.1 Å². The molecule has 2 amide bonds. The van der Waals surface area contributed by atoms with E-state index in [2.05, 4.69) is 5.32 Å². The minimum absolute atomic E-state index is 0.169. The van der Waals surface area contributed by atoms with Crippen LogP contribution in [-0.4, -0.2) is 43.8 Å². The van der Waals surface area contributed by atoms with Crippen molar-refractivity contribution in [3.8, 4) is 11.5 Å². The maximum absolute atomic E-state index is 12.9. The molecule has 2 aromatic rings. The fourth-order valence-corrected chi connectivity index (χ4v) is 2.89. The number of carbonyl (C=O) groups is 2. The molecule has 162 valence electrons. The second-order valence-corrected chi connectivity index (χ2v) is 8.00.